The van der Waals surface area contributed by atoms with Crippen molar-refractivity contribution in [1.82, 2.24) is 34.7 Å². The van der Waals surface area contributed by atoms with E-state index in [1.807, 2.05) is 42.0 Å². The Hall–Kier alpha value is -3.28. The van der Waals surface area contributed by atoms with E-state index in [1.54, 1.807) is 38.9 Å². The monoisotopic (exact) mass is 512 g/mol. The molecule has 0 aliphatic rings. The number of halogens is 1. The fraction of sp³-hybridized carbons (Fsp3) is 0.304. The summed E-state index contributed by atoms with van der Waals surface area (Å²) in [6.07, 6.45) is 6.32. The third kappa shape index (κ3) is 5.69. The van der Waals surface area contributed by atoms with Gasteiger partial charge in [0, 0.05) is 38.0 Å². The van der Waals surface area contributed by atoms with Crippen molar-refractivity contribution in [3.8, 4) is 17.4 Å². The van der Waals surface area contributed by atoms with Crippen LogP contribution in [0.3, 0.4) is 0 Å². The molecule has 0 bridgehead atoms. The highest BCUT2D eigenvalue weighted by Crippen LogP contribution is 2.32. The van der Waals surface area contributed by atoms with Crippen molar-refractivity contribution in [2.75, 3.05) is 18.9 Å². The van der Waals surface area contributed by atoms with Crippen LogP contribution in [0.25, 0.3) is 11.5 Å². The Kier molecular flexibility index (Phi) is 8.11. The molecule has 182 valence electrons. The third-order valence-electron chi connectivity index (χ3n) is 5.32. The molecule has 0 fully saturated rings. The maximum atomic E-state index is 5.93. The summed E-state index contributed by atoms with van der Waals surface area (Å²) in [4.78, 5) is 17.4. The van der Waals surface area contributed by atoms with Crippen LogP contribution in [-0.4, -0.2) is 54.2 Å². The fourth-order valence-electron chi connectivity index (χ4n) is 3.51. The molecule has 0 spiro atoms. The van der Waals surface area contributed by atoms with Crippen molar-refractivity contribution in [1.29, 1.82) is 0 Å². The molecule has 4 heterocycles. The summed E-state index contributed by atoms with van der Waals surface area (Å²) in [6.45, 7) is 4.07. The van der Waals surface area contributed by atoms with Crippen LogP contribution in [0.5, 0.6) is 5.88 Å². The number of pyridine rings is 2. The van der Waals surface area contributed by atoms with E-state index in [9.17, 15) is 0 Å². The van der Waals surface area contributed by atoms with Crippen LogP contribution in [0.4, 0.5) is 5.95 Å². The maximum Gasteiger partial charge on any atom is 0.235 e. The van der Waals surface area contributed by atoms with Gasteiger partial charge in [0.15, 0.2) is 11.6 Å². The summed E-state index contributed by atoms with van der Waals surface area (Å²) in [7, 11) is 3.20. The van der Waals surface area contributed by atoms with Gasteiger partial charge in [-0.2, -0.15) is 0 Å². The fourth-order valence-corrected chi connectivity index (χ4v) is 4.40. The minimum absolute atomic E-state index is 0.0709. The number of rotatable bonds is 10. The molecule has 12 heteroatoms. The number of nitrogens with zero attached hydrogens (tertiary/aromatic N) is 7. The van der Waals surface area contributed by atoms with Crippen LogP contribution in [0.1, 0.15) is 37.4 Å². The van der Waals surface area contributed by atoms with Crippen molar-refractivity contribution in [3.05, 3.63) is 71.5 Å². The number of hydrogen-bond donors (Lipinski definition) is 1. The summed E-state index contributed by atoms with van der Waals surface area (Å²) in [5, 5.41) is 9.27. The molecule has 0 amide bonds. The number of ether oxygens (including phenoxy) is 2. The number of aromatic nitrogens is 7. The Morgan fingerprint density at radius 3 is 2.51 bits per heavy atom. The largest absolute Gasteiger partial charge is 0.481 e. The molecule has 0 radical (unpaired) electrons. The second-order valence-corrected chi connectivity index (χ2v) is 9.21. The van der Waals surface area contributed by atoms with E-state index in [4.69, 9.17) is 21.1 Å². The highest BCUT2D eigenvalue weighted by atomic mass is 35.5. The Morgan fingerprint density at radius 1 is 1.03 bits per heavy atom. The first-order valence-corrected chi connectivity index (χ1v) is 12.1. The number of anilines is 1. The molecule has 1 N–H and O–H groups in total. The summed E-state index contributed by atoms with van der Waals surface area (Å²) < 4.78 is 16.3. The van der Waals surface area contributed by atoms with E-state index < -0.39 is 0 Å². The number of nitrogens with one attached hydrogen (secondary N) is 1. The predicted octanol–water partition coefficient (Wildman–Crippen LogP) is 4.63. The maximum absolute atomic E-state index is 5.93. The average molecular weight is 513 g/mol. The van der Waals surface area contributed by atoms with E-state index in [0.29, 0.717) is 34.2 Å². The molecule has 4 rings (SSSR count). The highest BCUT2D eigenvalue weighted by Gasteiger charge is 2.25. The molecule has 10 nitrogen and oxygen atoms in total. The minimum Gasteiger partial charge on any atom is -0.481 e. The Bertz CT molecular complexity index is 1240. The zero-order chi connectivity index (χ0) is 24.8. The van der Waals surface area contributed by atoms with Crippen molar-refractivity contribution in [2.24, 2.45) is 0 Å². The molecular formula is C23H25ClN8O2S. The molecule has 0 aliphatic carbocycles. The summed E-state index contributed by atoms with van der Waals surface area (Å²) in [6, 6.07) is 9.32. The van der Waals surface area contributed by atoms with E-state index in [0.717, 1.165) is 5.56 Å². The third-order valence-corrected chi connectivity index (χ3v) is 6.44. The van der Waals surface area contributed by atoms with Crippen LogP contribution in [0.15, 0.2) is 55.1 Å². The van der Waals surface area contributed by atoms with Crippen LogP contribution in [0, 0.1) is 0 Å². The van der Waals surface area contributed by atoms with Gasteiger partial charge in [-0.15, -0.1) is 10.2 Å². The molecule has 4 aromatic heterocycles. The lowest BCUT2D eigenvalue weighted by Crippen LogP contribution is -2.19. The predicted molar refractivity (Wildman–Crippen MR) is 135 cm³/mol. The highest BCUT2D eigenvalue weighted by molar-refractivity contribution is 8.01. The van der Waals surface area contributed by atoms with Gasteiger partial charge in [0.05, 0.1) is 23.4 Å². The van der Waals surface area contributed by atoms with Gasteiger partial charge in [-0.25, -0.2) is 15.0 Å². The molecular weight excluding hydrogens is 488 g/mol. The first kappa shape index (κ1) is 24.8. The van der Waals surface area contributed by atoms with E-state index in [1.165, 1.54) is 11.9 Å². The Labute approximate surface area is 212 Å². The SMILES string of the molecule is COc1cccc(-c2nnc(NSC(C)C(OC)c3ncc(Cl)cn3)n2[C@@H](C)c2cccnc2)n1. The van der Waals surface area contributed by atoms with Gasteiger partial charge in [-0.05, 0) is 43.5 Å². The average Bonchev–Trinajstić information content (AvgIpc) is 3.33. The lowest BCUT2D eigenvalue weighted by atomic mass is 10.1. The Morgan fingerprint density at radius 2 is 1.83 bits per heavy atom. The second kappa shape index (κ2) is 11.4. The summed E-state index contributed by atoms with van der Waals surface area (Å²) >= 11 is 7.36. The van der Waals surface area contributed by atoms with Gasteiger partial charge in [-0.1, -0.05) is 23.7 Å². The first-order chi connectivity index (χ1) is 17.0. The zero-order valence-corrected chi connectivity index (χ0v) is 21.2. The molecule has 3 atom stereocenters. The van der Waals surface area contributed by atoms with Gasteiger partial charge in [0.1, 0.15) is 11.8 Å². The van der Waals surface area contributed by atoms with Gasteiger partial charge in [0.2, 0.25) is 11.8 Å². The van der Waals surface area contributed by atoms with Crippen molar-refractivity contribution < 1.29 is 9.47 Å². The summed E-state index contributed by atoms with van der Waals surface area (Å²) in [5.74, 6) is 2.20. The number of hydrogen-bond acceptors (Lipinski definition) is 10. The molecule has 2 unspecified atom stereocenters. The van der Waals surface area contributed by atoms with Crippen molar-refractivity contribution in [2.45, 2.75) is 31.2 Å². The minimum atomic E-state index is -0.364. The molecule has 0 aromatic carbocycles. The van der Waals surface area contributed by atoms with Gasteiger partial charge >= 0.3 is 0 Å². The lowest BCUT2D eigenvalue weighted by molar-refractivity contribution is 0.0972. The second-order valence-electron chi connectivity index (χ2n) is 7.59. The van der Waals surface area contributed by atoms with Crippen LogP contribution in [0.2, 0.25) is 5.02 Å². The molecule has 0 aliphatic heterocycles. The van der Waals surface area contributed by atoms with Crippen molar-refractivity contribution >= 4 is 29.5 Å². The smallest absolute Gasteiger partial charge is 0.235 e. The van der Waals surface area contributed by atoms with E-state index in [-0.39, 0.29) is 17.4 Å². The molecule has 35 heavy (non-hydrogen) atoms. The van der Waals surface area contributed by atoms with Crippen LogP contribution < -0.4 is 9.46 Å². The van der Waals surface area contributed by atoms with E-state index in [2.05, 4.69) is 41.8 Å². The summed E-state index contributed by atoms with van der Waals surface area (Å²) in [5.41, 5.74) is 1.64. The molecule has 0 saturated carbocycles. The van der Waals surface area contributed by atoms with Crippen molar-refractivity contribution in [3.63, 3.8) is 0 Å². The molecule has 0 saturated heterocycles. The van der Waals surface area contributed by atoms with Gasteiger partial charge in [-0.3, -0.25) is 14.3 Å². The Balaban J connectivity index is 1.64. The normalized spacial score (nSPS) is 13.7. The first-order valence-electron chi connectivity index (χ1n) is 10.8. The number of methoxy groups -OCH3 is 2. The molecule has 4 aromatic rings. The lowest BCUT2D eigenvalue weighted by Gasteiger charge is -2.22. The standard InChI is InChI=1S/C23H25ClN8O2S/c1-14(16-7-6-10-25-11-16)32-22(18-8-5-9-19(28-18)33-3)29-30-23(32)31-35-15(2)20(34-4)21-26-12-17(24)13-27-21/h5-15,20H,1-4H3,(H,30,31)/t14-,15?,20?/m0/s1. The van der Waals surface area contributed by atoms with E-state index >= 15 is 0 Å². The van der Waals surface area contributed by atoms with Gasteiger partial charge < -0.3 is 9.47 Å². The van der Waals surface area contributed by atoms with Crippen LogP contribution >= 0.6 is 23.5 Å². The quantitative estimate of drug-likeness (QED) is 0.301. The topological polar surface area (TPSA) is 113 Å². The van der Waals surface area contributed by atoms with Crippen LogP contribution in [-0.2, 0) is 4.74 Å². The van der Waals surface area contributed by atoms with Gasteiger partial charge in [0.25, 0.3) is 0 Å². The zero-order valence-electron chi connectivity index (χ0n) is 19.7.